The zero-order chi connectivity index (χ0) is 13.2. The molecule has 0 aliphatic rings. The van der Waals surface area contributed by atoms with E-state index in [9.17, 15) is 0 Å². The molecule has 0 bridgehead atoms. The number of methoxy groups -OCH3 is 1. The van der Waals surface area contributed by atoms with E-state index >= 15 is 0 Å². The summed E-state index contributed by atoms with van der Waals surface area (Å²) in [7, 11) is 1.65. The van der Waals surface area contributed by atoms with E-state index in [1.165, 1.54) is 16.3 Å². The first kappa shape index (κ1) is 15.2. The molecule has 0 aliphatic carbocycles. The molecule has 0 radical (unpaired) electrons. The Balaban J connectivity index is 0.000000771. The monoisotopic (exact) mass is 356 g/mol. The zero-order valence-corrected chi connectivity index (χ0v) is 14.8. The van der Waals surface area contributed by atoms with Crippen LogP contribution < -0.4 is 9.47 Å². The van der Waals surface area contributed by atoms with Crippen LogP contribution in [0.15, 0.2) is 48.5 Å². The number of hydrogen-bond donors (Lipinski definition) is 0. The molecule has 0 unspecified atom stereocenters. The minimum atomic E-state index is 0.570. The van der Waals surface area contributed by atoms with Gasteiger partial charge in [-0.25, -0.2) is 0 Å². The van der Waals surface area contributed by atoms with Crippen LogP contribution in [-0.2, 0) is 22.9 Å². The van der Waals surface area contributed by atoms with Crippen LogP contribution in [0.5, 0.6) is 11.5 Å². The van der Waals surface area contributed by atoms with Gasteiger partial charge in [-0.15, -0.1) is 5.56 Å². The van der Waals surface area contributed by atoms with Gasteiger partial charge in [0, 0.05) is 0 Å². The van der Waals surface area contributed by atoms with Crippen molar-refractivity contribution in [1.29, 1.82) is 0 Å². The summed E-state index contributed by atoms with van der Waals surface area (Å²) in [6, 6.07) is 18.3. The van der Waals surface area contributed by atoms with Crippen LogP contribution >= 0.6 is 13.6 Å². The molecule has 2 aromatic carbocycles. The van der Waals surface area contributed by atoms with E-state index in [2.05, 4.69) is 19.7 Å². The Kier molecular flexibility index (Phi) is 7.71. The predicted molar refractivity (Wildman–Crippen MR) is 71.5 cm³/mol. The first-order valence-corrected chi connectivity index (χ1v) is 12.3. The van der Waals surface area contributed by atoms with E-state index in [0.717, 1.165) is 17.1 Å². The summed E-state index contributed by atoms with van der Waals surface area (Å²) < 4.78 is 10.7. The number of ether oxygens (including phenoxy) is 2. The third-order valence-electron chi connectivity index (χ3n) is 2.25. The number of halogens is 1. The van der Waals surface area contributed by atoms with E-state index in [1.54, 1.807) is 7.11 Å². The second-order valence-electron chi connectivity index (χ2n) is 3.37. The standard InChI is InChI=1S/C14H13O2.BrH.Zn/c1-15-13-7-9-14(10-8-13)16-11-12-5-3-2-4-6-12;;/h3-10H,11H2,1H3;1H;/q-1;;+2/p-1. The maximum atomic E-state index is 5.62. The van der Waals surface area contributed by atoms with Gasteiger partial charge in [-0.05, 0) is 24.3 Å². The molecule has 0 N–H and O–H groups in total. The van der Waals surface area contributed by atoms with Gasteiger partial charge in [0.25, 0.3) is 0 Å². The molecule has 0 amide bonds. The fourth-order valence-corrected chi connectivity index (χ4v) is 1.36. The van der Waals surface area contributed by atoms with E-state index in [0.29, 0.717) is 6.61 Å². The van der Waals surface area contributed by atoms with Crippen molar-refractivity contribution >= 4 is 13.6 Å². The Morgan fingerprint density at radius 2 is 1.56 bits per heavy atom. The summed E-state index contributed by atoms with van der Waals surface area (Å²) in [6.07, 6.45) is 0. The van der Waals surface area contributed by atoms with Gasteiger partial charge in [0.2, 0.25) is 0 Å². The summed E-state index contributed by atoms with van der Waals surface area (Å²) in [4.78, 5) is 0. The average Bonchev–Trinajstić information content (AvgIpc) is 2.49. The third-order valence-corrected chi connectivity index (χ3v) is 2.25. The first-order valence-electron chi connectivity index (χ1n) is 5.37. The molecule has 0 aromatic heterocycles. The molecule has 0 heterocycles. The van der Waals surface area contributed by atoms with Crippen molar-refractivity contribution < 1.29 is 25.8 Å². The Bertz CT molecular complexity index is 431. The molecule has 0 spiro atoms. The van der Waals surface area contributed by atoms with Crippen molar-refractivity contribution in [2.75, 3.05) is 7.11 Å². The Hall–Kier alpha value is -0.857. The van der Waals surface area contributed by atoms with Crippen molar-refractivity contribution in [3.8, 4) is 11.5 Å². The quantitative estimate of drug-likeness (QED) is 0.609. The Morgan fingerprint density at radius 1 is 1.00 bits per heavy atom. The summed E-state index contributed by atoms with van der Waals surface area (Å²) in [5, 5.41) is 0. The molecular formula is C14H13BrO2Zn. The molecule has 18 heavy (non-hydrogen) atoms. The molecule has 0 aliphatic heterocycles. The van der Waals surface area contributed by atoms with Gasteiger partial charge in [0.15, 0.2) is 0 Å². The fourth-order valence-electron chi connectivity index (χ4n) is 1.36. The van der Waals surface area contributed by atoms with Crippen LogP contribution in [-0.4, -0.2) is 7.11 Å². The number of rotatable bonds is 4. The van der Waals surface area contributed by atoms with Crippen LogP contribution in [0.1, 0.15) is 5.56 Å². The summed E-state index contributed by atoms with van der Waals surface area (Å²) in [6.45, 7) is 0.570. The van der Waals surface area contributed by atoms with Crippen LogP contribution in [0.2, 0.25) is 0 Å². The van der Waals surface area contributed by atoms with Gasteiger partial charge in [-0.1, -0.05) is 0 Å². The molecule has 0 saturated heterocycles. The van der Waals surface area contributed by atoms with Crippen LogP contribution in [0, 0.1) is 6.07 Å². The van der Waals surface area contributed by atoms with E-state index in [1.807, 2.05) is 48.5 Å². The summed E-state index contributed by atoms with van der Waals surface area (Å²) >= 11 is 4.25. The molecule has 2 aromatic rings. The van der Waals surface area contributed by atoms with Gasteiger partial charge in [0.1, 0.15) is 11.5 Å². The molecular weight excluding hydrogens is 345 g/mol. The molecule has 0 saturated carbocycles. The van der Waals surface area contributed by atoms with Crippen LogP contribution in [0.4, 0.5) is 0 Å². The summed E-state index contributed by atoms with van der Waals surface area (Å²) in [5.74, 6) is 1.68. The zero-order valence-electron chi connectivity index (χ0n) is 10.2. The molecule has 2 rings (SSSR count). The summed E-state index contributed by atoms with van der Waals surface area (Å²) in [5.41, 5.74) is 1.13. The first-order chi connectivity index (χ1) is 8.88. The number of benzene rings is 2. The van der Waals surface area contributed by atoms with Gasteiger partial charge in [-0.3, -0.25) is 0 Å². The predicted octanol–water partition coefficient (Wildman–Crippen LogP) is 3.92. The molecule has 4 heteroatoms. The fraction of sp³-hybridized carbons (Fsp3) is 0.143. The molecule has 0 atom stereocenters. The van der Waals surface area contributed by atoms with Crippen molar-refractivity contribution in [1.82, 2.24) is 0 Å². The second kappa shape index (κ2) is 9.12. The van der Waals surface area contributed by atoms with Crippen LogP contribution in [0.25, 0.3) is 0 Å². The minimum absolute atomic E-state index is 0.570. The average molecular weight is 359 g/mol. The van der Waals surface area contributed by atoms with Crippen molar-refractivity contribution in [2.45, 2.75) is 6.61 Å². The molecule has 0 fully saturated rings. The molecule has 2 nitrogen and oxygen atoms in total. The Morgan fingerprint density at radius 3 is 2.11 bits per heavy atom. The third kappa shape index (κ3) is 5.20. The topological polar surface area (TPSA) is 18.5 Å². The van der Waals surface area contributed by atoms with E-state index in [4.69, 9.17) is 9.47 Å². The Labute approximate surface area is 124 Å². The van der Waals surface area contributed by atoms with Crippen molar-refractivity contribution in [3.05, 3.63) is 60.2 Å². The molecule has 90 valence electrons. The SMILES string of the molecule is COc1ccc(OCc2cc[c-]cc2)cc1.[Zn+][Br]. The van der Waals surface area contributed by atoms with Gasteiger partial charge in [-0.2, -0.15) is 30.3 Å². The second-order valence-corrected chi connectivity index (χ2v) is 3.37. The normalized spacial score (nSPS) is 9.11. The maximum absolute atomic E-state index is 5.62. The van der Waals surface area contributed by atoms with Gasteiger partial charge < -0.3 is 9.47 Å². The van der Waals surface area contributed by atoms with E-state index < -0.39 is 0 Å². The van der Waals surface area contributed by atoms with Gasteiger partial charge >= 0.3 is 30.0 Å². The number of hydrogen-bond acceptors (Lipinski definition) is 2. The van der Waals surface area contributed by atoms with Crippen molar-refractivity contribution in [2.24, 2.45) is 0 Å². The van der Waals surface area contributed by atoms with Gasteiger partial charge in [0.05, 0.1) is 13.7 Å². The van der Waals surface area contributed by atoms with Crippen molar-refractivity contribution in [3.63, 3.8) is 0 Å². The van der Waals surface area contributed by atoms with E-state index in [-0.39, 0.29) is 0 Å². The van der Waals surface area contributed by atoms with Crippen LogP contribution in [0.3, 0.4) is 0 Å².